The number of hydrogen-bond donors (Lipinski definition) is 1. The minimum Gasteiger partial charge on any atom is -0.468 e. The van der Waals surface area contributed by atoms with Crippen LogP contribution in [0.25, 0.3) is 0 Å². The number of rotatable bonds is 6. The molecule has 0 saturated carbocycles. The van der Waals surface area contributed by atoms with Gasteiger partial charge in [0.05, 0.1) is 30.9 Å². The zero-order chi connectivity index (χ0) is 18.7. The van der Waals surface area contributed by atoms with Crippen molar-refractivity contribution in [2.75, 3.05) is 23.4 Å². The molecule has 1 aromatic heterocycles. The largest absolute Gasteiger partial charge is 0.468 e. The Balaban J connectivity index is 1.71. The Morgan fingerprint density at radius 3 is 2.58 bits per heavy atom. The van der Waals surface area contributed by atoms with Crippen molar-refractivity contribution in [3.8, 4) is 0 Å². The number of aryl methyl sites for hydroxylation is 2. The molecule has 7 heteroatoms. The van der Waals surface area contributed by atoms with E-state index in [0.717, 1.165) is 16.8 Å². The molecule has 1 aliphatic heterocycles. The first-order chi connectivity index (χ1) is 12.3. The summed E-state index contributed by atoms with van der Waals surface area (Å²) in [6.07, 6.45) is 2.12. The molecule has 26 heavy (non-hydrogen) atoms. The molecule has 0 spiro atoms. The predicted octanol–water partition coefficient (Wildman–Crippen LogP) is 2.52. The van der Waals surface area contributed by atoms with Gasteiger partial charge in [0, 0.05) is 11.7 Å². The number of benzene rings is 1. The molecule has 1 fully saturated rings. The summed E-state index contributed by atoms with van der Waals surface area (Å²) >= 11 is 0. The van der Waals surface area contributed by atoms with E-state index >= 15 is 0 Å². The molecule has 1 atom stereocenters. The van der Waals surface area contributed by atoms with Crippen molar-refractivity contribution in [1.82, 2.24) is 4.90 Å². The Morgan fingerprint density at radius 2 is 2.00 bits per heavy atom. The number of carbonyl (C=O) groups is 1. The number of nitrogens with one attached hydrogen (secondary N) is 1. The third-order valence-corrected chi connectivity index (χ3v) is 6.27. The fraction of sp³-hybridized carbons (Fsp3) is 0.421. The van der Waals surface area contributed by atoms with E-state index < -0.39 is 9.84 Å². The standard InChI is InChI=1S/C19H24N2O4S/c1-14-8-15(2)10-16(9-14)20-19(22)12-21(11-18-4-3-6-25-18)17-5-7-26(23,24)13-17/h3-4,6,8-10,17H,5,7,11-13H2,1-2H3,(H,20,22). The Hall–Kier alpha value is -2.12. The van der Waals surface area contributed by atoms with Crippen LogP contribution in [0.4, 0.5) is 5.69 Å². The fourth-order valence-corrected chi connectivity index (χ4v) is 5.17. The van der Waals surface area contributed by atoms with Gasteiger partial charge in [-0.1, -0.05) is 6.07 Å². The van der Waals surface area contributed by atoms with Crippen molar-refractivity contribution in [2.45, 2.75) is 32.9 Å². The lowest BCUT2D eigenvalue weighted by Crippen LogP contribution is -2.41. The number of carbonyl (C=O) groups excluding carboxylic acids is 1. The maximum absolute atomic E-state index is 12.6. The average Bonchev–Trinajstić information content (AvgIpc) is 3.14. The summed E-state index contributed by atoms with van der Waals surface area (Å²) in [7, 11) is -3.03. The highest BCUT2D eigenvalue weighted by molar-refractivity contribution is 7.91. The van der Waals surface area contributed by atoms with Gasteiger partial charge in [0.15, 0.2) is 9.84 Å². The van der Waals surface area contributed by atoms with E-state index in [2.05, 4.69) is 5.32 Å². The normalized spacial score (nSPS) is 19.0. The third kappa shape index (κ3) is 4.95. The van der Waals surface area contributed by atoms with Crippen LogP contribution in [0.2, 0.25) is 0 Å². The van der Waals surface area contributed by atoms with Gasteiger partial charge in [-0.2, -0.15) is 0 Å². The van der Waals surface area contributed by atoms with Gasteiger partial charge in [0.2, 0.25) is 5.91 Å². The maximum Gasteiger partial charge on any atom is 0.238 e. The van der Waals surface area contributed by atoms with Crippen molar-refractivity contribution in [2.24, 2.45) is 0 Å². The number of nitrogens with zero attached hydrogens (tertiary/aromatic N) is 1. The van der Waals surface area contributed by atoms with Gasteiger partial charge >= 0.3 is 0 Å². The SMILES string of the molecule is Cc1cc(C)cc(NC(=O)CN(Cc2ccco2)C2CCS(=O)(=O)C2)c1. The molecule has 1 N–H and O–H groups in total. The first-order valence-corrected chi connectivity index (χ1v) is 10.5. The molecular formula is C19H24N2O4S. The Bertz CT molecular complexity index is 855. The monoisotopic (exact) mass is 376 g/mol. The summed E-state index contributed by atoms with van der Waals surface area (Å²) in [5.74, 6) is 0.814. The minimum absolute atomic E-state index is 0.0878. The van der Waals surface area contributed by atoms with Crippen LogP contribution in [0.1, 0.15) is 23.3 Å². The number of amides is 1. The van der Waals surface area contributed by atoms with E-state index in [9.17, 15) is 13.2 Å². The van der Waals surface area contributed by atoms with Crippen molar-refractivity contribution >= 4 is 21.4 Å². The van der Waals surface area contributed by atoms with Crippen molar-refractivity contribution < 1.29 is 17.6 Å². The molecule has 2 heterocycles. The molecule has 1 saturated heterocycles. The van der Waals surface area contributed by atoms with Crippen LogP contribution in [0.15, 0.2) is 41.0 Å². The van der Waals surface area contributed by atoms with Gasteiger partial charge in [-0.25, -0.2) is 8.42 Å². The molecule has 3 rings (SSSR count). The van der Waals surface area contributed by atoms with Crippen molar-refractivity contribution in [1.29, 1.82) is 0 Å². The van der Waals surface area contributed by atoms with E-state index in [0.29, 0.717) is 18.7 Å². The summed E-state index contributed by atoms with van der Waals surface area (Å²) in [6, 6.07) is 9.33. The molecule has 0 bridgehead atoms. The summed E-state index contributed by atoms with van der Waals surface area (Å²) in [5, 5.41) is 2.92. The van der Waals surface area contributed by atoms with Crippen LogP contribution >= 0.6 is 0 Å². The summed E-state index contributed by atoms with van der Waals surface area (Å²) in [4.78, 5) is 14.4. The number of furan rings is 1. The molecule has 6 nitrogen and oxygen atoms in total. The molecule has 0 radical (unpaired) electrons. The second kappa shape index (κ2) is 7.63. The zero-order valence-corrected chi connectivity index (χ0v) is 15.9. The second-order valence-corrected chi connectivity index (χ2v) is 9.19. The topological polar surface area (TPSA) is 79.6 Å². The zero-order valence-electron chi connectivity index (χ0n) is 15.1. The van der Waals surface area contributed by atoms with Gasteiger partial charge in [0.1, 0.15) is 5.76 Å². The quantitative estimate of drug-likeness (QED) is 0.838. The highest BCUT2D eigenvalue weighted by Gasteiger charge is 2.33. The van der Waals surface area contributed by atoms with Crippen LogP contribution in [-0.2, 0) is 21.2 Å². The molecule has 1 aromatic carbocycles. The first kappa shape index (κ1) is 18.7. The minimum atomic E-state index is -3.03. The van der Waals surface area contributed by atoms with E-state index in [1.165, 1.54) is 0 Å². The number of anilines is 1. The van der Waals surface area contributed by atoms with Crippen molar-refractivity contribution in [3.05, 3.63) is 53.5 Å². The van der Waals surface area contributed by atoms with E-state index in [1.807, 2.05) is 43.0 Å². The Morgan fingerprint density at radius 1 is 1.27 bits per heavy atom. The smallest absolute Gasteiger partial charge is 0.238 e. The lowest BCUT2D eigenvalue weighted by molar-refractivity contribution is -0.118. The molecule has 1 unspecified atom stereocenters. The van der Waals surface area contributed by atoms with Crippen molar-refractivity contribution in [3.63, 3.8) is 0 Å². The predicted molar refractivity (Wildman–Crippen MR) is 101 cm³/mol. The van der Waals surface area contributed by atoms with Gasteiger partial charge in [-0.3, -0.25) is 9.69 Å². The van der Waals surface area contributed by atoms with Crippen LogP contribution in [-0.4, -0.2) is 43.3 Å². The lowest BCUT2D eigenvalue weighted by Gasteiger charge is -2.26. The van der Waals surface area contributed by atoms with Gasteiger partial charge in [0.25, 0.3) is 0 Å². The molecule has 140 valence electrons. The Kier molecular flexibility index (Phi) is 5.48. The van der Waals surface area contributed by atoms with Gasteiger partial charge in [-0.05, 0) is 55.7 Å². The number of hydrogen-bond acceptors (Lipinski definition) is 5. The van der Waals surface area contributed by atoms with E-state index in [1.54, 1.807) is 12.3 Å². The fourth-order valence-electron chi connectivity index (χ4n) is 3.41. The second-order valence-electron chi connectivity index (χ2n) is 6.97. The molecular weight excluding hydrogens is 352 g/mol. The maximum atomic E-state index is 12.6. The van der Waals surface area contributed by atoms with Gasteiger partial charge in [-0.15, -0.1) is 0 Å². The summed E-state index contributed by atoms with van der Waals surface area (Å²) in [6.45, 7) is 4.49. The van der Waals surface area contributed by atoms with Crippen LogP contribution in [0, 0.1) is 13.8 Å². The Labute approximate surface area is 154 Å². The van der Waals surface area contributed by atoms with Crippen LogP contribution in [0.3, 0.4) is 0 Å². The summed E-state index contributed by atoms with van der Waals surface area (Å²) < 4.78 is 29.1. The van der Waals surface area contributed by atoms with Crippen LogP contribution in [0.5, 0.6) is 0 Å². The highest BCUT2D eigenvalue weighted by Crippen LogP contribution is 2.21. The third-order valence-electron chi connectivity index (χ3n) is 4.52. The number of sulfone groups is 1. The molecule has 1 amide bonds. The summed E-state index contributed by atoms with van der Waals surface area (Å²) in [5.41, 5.74) is 2.91. The molecule has 2 aromatic rings. The lowest BCUT2D eigenvalue weighted by atomic mass is 10.1. The van der Waals surface area contributed by atoms with E-state index in [4.69, 9.17) is 4.42 Å². The molecule has 1 aliphatic rings. The van der Waals surface area contributed by atoms with Crippen LogP contribution < -0.4 is 5.32 Å². The van der Waals surface area contributed by atoms with Gasteiger partial charge < -0.3 is 9.73 Å². The highest BCUT2D eigenvalue weighted by atomic mass is 32.2. The first-order valence-electron chi connectivity index (χ1n) is 8.66. The van der Waals surface area contributed by atoms with E-state index in [-0.39, 0.29) is 30.0 Å². The average molecular weight is 376 g/mol. The molecule has 0 aliphatic carbocycles.